The van der Waals surface area contributed by atoms with Gasteiger partial charge < -0.3 is 4.98 Å². The Kier molecular flexibility index (Phi) is 5.35. The van der Waals surface area contributed by atoms with E-state index in [1.807, 2.05) is 6.07 Å². The molecular weight excluding hydrogens is 444 g/mol. The Balaban J connectivity index is 2.11. The number of thiophene rings is 1. The molecule has 126 valence electrons. The number of nitrogens with one attached hydrogen (secondary N) is 1. The molecule has 4 nitrogen and oxygen atoms in total. The first-order valence-electron chi connectivity index (χ1n) is 7.09. The molecule has 0 saturated carbocycles. The molecule has 2 heterocycles. The Bertz CT molecular complexity index is 1100. The number of H-pyrrole nitrogens is 1. The van der Waals surface area contributed by atoms with E-state index in [4.69, 9.17) is 16.9 Å². The molecule has 0 bridgehead atoms. The summed E-state index contributed by atoms with van der Waals surface area (Å²) >= 11 is 12.3. The van der Waals surface area contributed by atoms with E-state index in [-0.39, 0.29) is 16.8 Å². The van der Waals surface area contributed by atoms with Gasteiger partial charge in [0.05, 0.1) is 26.5 Å². The Morgan fingerprint density at radius 3 is 2.80 bits per heavy atom. The van der Waals surface area contributed by atoms with Gasteiger partial charge in [0.25, 0.3) is 0 Å². The third kappa shape index (κ3) is 3.53. The van der Waals surface area contributed by atoms with E-state index in [0.717, 1.165) is 4.88 Å². The summed E-state index contributed by atoms with van der Waals surface area (Å²) in [5, 5.41) is 10.0. The maximum atomic E-state index is 12.8. The van der Waals surface area contributed by atoms with Crippen LogP contribution in [0.2, 0.25) is 5.02 Å². The molecule has 0 radical (unpaired) electrons. The number of rotatable bonds is 4. The molecule has 1 aromatic carbocycles. The molecule has 0 atom stereocenters. The first kappa shape index (κ1) is 18.2. The van der Waals surface area contributed by atoms with E-state index < -0.39 is 0 Å². The van der Waals surface area contributed by atoms with Crippen LogP contribution in [0.1, 0.15) is 27.0 Å². The van der Waals surface area contributed by atoms with Crippen molar-refractivity contribution in [3.05, 3.63) is 59.3 Å². The number of nitriles is 1. The van der Waals surface area contributed by atoms with Gasteiger partial charge in [0.1, 0.15) is 10.9 Å². The third-order valence-electron chi connectivity index (χ3n) is 3.51. The quantitative estimate of drug-likeness (QED) is 0.425. The summed E-state index contributed by atoms with van der Waals surface area (Å²) in [5.74, 6) is 0.234. The van der Waals surface area contributed by atoms with E-state index in [2.05, 4.69) is 27.0 Å². The number of nitrogens with zero attached hydrogens (tertiary/aromatic N) is 1. The van der Waals surface area contributed by atoms with Crippen LogP contribution in [0.4, 0.5) is 0 Å². The normalized spacial score (nSPS) is 10.8. The average Bonchev–Trinajstić information content (AvgIpc) is 3.03. The van der Waals surface area contributed by atoms with E-state index in [1.54, 1.807) is 18.2 Å². The number of ketones is 1. The van der Waals surface area contributed by atoms with E-state index >= 15 is 0 Å². The molecule has 25 heavy (non-hydrogen) atoms. The molecule has 0 spiro atoms. The number of aromatic amines is 1. The van der Waals surface area contributed by atoms with Crippen LogP contribution in [0.5, 0.6) is 0 Å². The molecule has 1 N–H and O–H groups in total. The minimum atomic E-state index is -0.376. The van der Waals surface area contributed by atoms with Gasteiger partial charge in [-0.1, -0.05) is 11.6 Å². The highest BCUT2D eigenvalue weighted by atomic mass is 79.9. The standard InChI is InChI=1S/C17H10BrClN2O2S2/c1-8(22)13-16(23)14-12(19)5-4-11(18)15(14)21-17(13)24-7-10-3-2-9(6-20)25-10/h2-5H,7H2,1H3,(H,21,23). The fourth-order valence-electron chi connectivity index (χ4n) is 2.39. The smallest absolute Gasteiger partial charge is 0.202 e. The van der Waals surface area contributed by atoms with Gasteiger partial charge in [-0.3, -0.25) is 9.59 Å². The van der Waals surface area contributed by atoms with Crippen molar-refractivity contribution in [3.63, 3.8) is 0 Å². The number of thioether (sulfide) groups is 1. The van der Waals surface area contributed by atoms with Crippen LogP contribution in [-0.4, -0.2) is 10.8 Å². The number of benzene rings is 1. The molecule has 0 aliphatic rings. The van der Waals surface area contributed by atoms with Gasteiger partial charge in [-0.25, -0.2) is 0 Å². The zero-order chi connectivity index (χ0) is 18.1. The average molecular weight is 454 g/mol. The number of pyridine rings is 1. The van der Waals surface area contributed by atoms with Gasteiger partial charge >= 0.3 is 0 Å². The molecule has 3 rings (SSSR count). The minimum Gasteiger partial charge on any atom is -0.348 e. The molecule has 0 fully saturated rings. The van der Waals surface area contributed by atoms with Crippen LogP contribution in [0.15, 0.2) is 38.6 Å². The Morgan fingerprint density at radius 1 is 1.40 bits per heavy atom. The molecule has 0 unspecified atom stereocenters. The number of carbonyl (C=O) groups excluding carboxylic acids is 1. The van der Waals surface area contributed by atoms with E-state index in [1.165, 1.54) is 30.0 Å². The van der Waals surface area contributed by atoms with Crippen LogP contribution >= 0.6 is 50.6 Å². The van der Waals surface area contributed by atoms with Crippen molar-refractivity contribution in [2.75, 3.05) is 0 Å². The monoisotopic (exact) mass is 452 g/mol. The molecule has 0 aliphatic heterocycles. The number of hydrogen-bond donors (Lipinski definition) is 1. The molecule has 8 heteroatoms. The highest BCUT2D eigenvalue weighted by molar-refractivity contribution is 9.10. The first-order valence-corrected chi connectivity index (χ1v) is 10.1. The van der Waals surface area contributed by atoms with E-state index in [9.17, 15) is 9.59 Å². The fraction of sp³-hybridized carbons (Fsp3) is 0.118. The lowest BCUT2D eigenvalue weighted by atomic mass is 10.1. The number of hydrogen-bond acceptors (Lipinski definition) is 5. The molecule has 0 amide bonds. The number of Topliss-reactive ketones (excluding diaryl/α,β-unsaturated/α-hetero) is 1. The van der Waals surface area contributed by atoms with Gasteiger partial charge in [-0.2, -0.15) is 5.26 Å². The van der Waals surface area contributed by atoms with Gasteiger partial charge in [-0.15, -0.1) is 23.1 Å². The summed E-state index contributed by atoms with van der Waals surface area (Å²) in [5.41, 5.74) is 0.294. The van der Waals surface area contributed by atoms with Crippen molar-refractivity contribution < 1.29 is 4.79 Å². The predicted octanol–water partition coefficient (Wildman–Crippen LogP) is 5.37. The second-order valence-corrected chi connectivity index (χ2v) is 8.58. The second-order valence-electron chi connectivity index (χ2n) is 5.16. The Morgan fingerprint density at radius 2 is 2.16 bits per heavy atom. The van der Waals surface area contributed by atoms with Crippen LogP contribution in [-0.2, 0) is 5.75 Å². The van der Waals surface area contributed by atoms with Crippen molar-refractivity contribution in [2.24, 2.45) is 0 Å². The van der Waals surface area contributed by atoms with Gasteiger partial charge in [-0.05, 0) is 47.1 Å². The largest absolute Gasteiger partial charge is 0.348 e. The van der Waals surface area contributed by atoms with Crippen LogP contribution in [0, 0.1) is 11.3 Å². The maximum Gasteiger partial charge on any atom is 0.202 e. The van der Waals surface area contributed by atoms with Crippen molar-refractivity contribution in [2.45, 2.75) is 17.7 Å². The zero-order valence-corrected chi connectivity index (χ0v) is 16.8. The molecule has 3 aromatic rings. The Labute approximate surface area is 164 Å². The number of fused-ring (bicyclic) bond motifs is 1. The highest BCUT2D eigenvalue weighted by Gasteiger charge is 2.19. The first-order chi connectivity index (χ1) is 11.9. The molecule has 0 aliphatic carbocycles. The topological polar surface area (TPSA) is 73.7 Å². The highest BCUT2D eigenvalue weighted by Crippen LogP contribution is 2.32. The van der Waals surface area contributed by atoms with Crippen LogP contribution in [0.25, 0.3) is 10.9 Å². The SMILES string of the molecule is CC(=O)c1c(SCc2ccc(C#N)s2)[nH]c2c(Br)ccc(Cl)c2c1=O. The number of carbonyl (C=O) groups is 1. The van der Waals surface area contributed by atoms with Crippen LogP contribution in [0.3, 0.4) is 0 Å². The summed E-state index contributed by atoms with van der Waals surface area (Å²) in [6.45, 7) is 1.37. The zero-order valence-electron chi connectivity index (χ0n) is 12.9. The predicted molar refractivity (Wildman–Crippen MR) is 106 cm³/mol. The van der Waals surface area contributed by atoms with Gasteiger partial charge in [0.15, 0.2) is 5.78 Å². The van der Waals surface area contributed by atoms with Gasteiger partial charge in [0, 0.05) is 15.1 Å². The fourth-order valence-corrected chi connectivity index (χ4v) is 5.01. The van der Waals surface area contributed by atoms with Crippen molar-refractivity contribution in [3.8, 4) is 6.07 Å². The molecule has 2 aromatic heterocycles. The third-order valence-corrected chi connectivity index (χ3v) is 6.70. The summed E-state index contributed by atoms with van der Waals surface area (Å²) < 4.78 is 0.698. The lowest BCUT2D eigenvalue weighted by Gasteiger charge is -2.10. The number of aromatic nitrogens is 1. The summed E-state index contributed by atoms with van der Waals surface area (Å²) in [6, 6.07) is 9.10. The lowest BCUT2D eigenvalue weighted by molar-refractivity contribution is 0.101. The minimum absolute atomic E-state index is 0.106. The maximum absolute atomic E-state index is 12.8. The van der Waals surface area contributed by atoms with Crippen molar-refractivity contribution in [1.29, 1.82) is 5.26 Å². The summed E-state index contributed by atoms with van der Waals surface area (Å²) in [4.78, 5) is 29.7. The van der Waals surface area contributed by atoms with E-state index in [0.29, 0.717) is 36.1 Å². The van der Waals surface area contributed by atoms with Crippen LogP contribution < -0.4 is 5.43 Å². The second kappa shape index (κ2) is 7.34. The summed E-state index contributed by atoms with van der Waals surface area (Å²) in [7, 11) is 0. The Hall–Kier alpha value is -1.59. The molecule has 0 saturated heterocycles. The number of halogens is 2. The van der Waals surface area contributed by atoms with Crippen molar-refractivity contribution in [1.82, 2.24) is 4.98 Å². The van der Waals surface area contributed by atoms with Gasteiger partial charge in [0.2, 0.25) is 5.43 Å². The van der Waals surface area contributed by atoms with Crippen molar-refractivity contribution >= 4 is 67.3 Å². The summed E-state index contributed by atoms with van der Waals surface area (Å²) in [6.07, 6.45) is 0. The lowest BCUT2D eigenvalue weighted by Crippen LogP contribution is -2.17. The molecular formula is C17H10BrClN2O2S2.